The van der Waals surface area contributed by atoms with Gasteiger partial charge in [0.2, 0.25) is 0 Å². The Morgan fingerprint density at radius 2 is 1.90 bits per heavy atom. The fourth-order valence-corrected chi connectivity index (χ4v) is 2.38. The van der Waals surface area contributed by atoms with Crippen LogP contribution < -0.4 is 4.74 Å². The van der Waals surface area contributed by atoms with Gasteiger partial charge in [-0.1, -0.05) is 26.7 Å². The summed E-state index contributed by atoms with van der Waals surface area (Å²) in [5, 5.41) is 0. The van der Waals surface area contributed by atoms with E-state index in [1.54, 1.807) is 31.4 Å². The summed E-state index contributed by atoms with van der Waals surface area (Å²) >= 11 is 0. The number of ether oxygens (including phenoxy) is 1. The Balaban J connectivity index is 1.87. The summed E-state index contributed by atoms with van der Waals surface area (Å²) in [5.74, 6) is 1.11. The molecule has 2 unspecified atom stereocenters. The van der Waals surface area contributed by atoms with Crippen molar-refractivity contribution in [3.8, 4) is 5.75 Å². The molecule has 1 radical (unpaired) electrons. The van der Waals surface area contributed by atoms with Gasteiger partial charge >= 0.3 is 5.97 Å². The van der Waals surface area contributed by atoms with Gasteiger partial charge in [-0.2, -0.15) is 4.89 Å². The van der Waals surface area contributed by atoms with Crippen LogP contribution in [0, 0.1) is 17.9 Å². The van der Waals surface area contributed by atoms with Crippen LogP contribution in [0.3, 0.4) is 0 Å². The highest BCUT2D eigenvalue weighted by Crippen LogP contribution is 2.36. The minimum absolute atomic E-state index is 0.326. The van der Waals surface area contributed by atoms with E-state index in [0.29, 0.717) is 23.1 Å². The first kappa shape index (κ1) is 14.9. The zero-order valence-corrected chi connectivity index (χ0v) is 12.2. The van der Waals surface area contributed by atoms with E-state index in [0.717, 1.165) is 18.9 Å². The molecule has 0 heterocycles. The molecule has 109 valence electrons. The molecule has 4 nitrogen and oxygen atoms in total. The second-order valence-electron chi connectivity index (χ2n) is 5.31. The van der Waals surface area contributed by atoms with Gasteiger partial charge < -0.3 is 4.74 Å². The molecule has 1 saturated carbocycles. The topological polar surface area (TPSA) is 44.8 Å². The van der Waals surface area contributed by atoms with Crippen LogP contribution in [0.5, 0.6) is 5.75 Å². The van der Waals surface area contributed by atoms with Gasteiger partial charge in [-0.25, -0.2) is 4.79 Å². The molecule has 0 N–H and O–H groups in total. The zero-order valence-electron chi connectivity index (χ0n) is 12.2. The number of benzene rings is 1. The van der Waals surface area contributed by atoms with Crippen molar-refractivity contribution >= 4 is 5.97 Å². The highest BCUT2D eigenvalue weighted by atomic mass is 17.2. The van der Waals surface area contributed by atoms with E-state index in [1.807, 2.05) is 0 Å². The van der Waals surface area contributed by atoms with Gasteiger partial charge in [0.25, 0.3) is 0 Å². The Morgan fingerprint density at radius 3 is 2.55 bits per heavy atom. The first-order valence-corrected chi connectivity index (χ1v) is 7.00. The predicted molar refractivity (Wildman–Crippen MR) is 74.9 cm³/mol. The Kier molecular flexibility index (Phi) is 5.01. The zero-order chi connectivity index (χ0) is 14.5. The number of hydrogen-bond donors (Lipinski definition) is 0. The monoisotopic (exact) mass is 277 g/mol. The summed E-state index contributed by atoms with van der Waals surface area (Å²) in [6.45, 7) is 4.30. The van der Waals surface area contributed by atoms with Gasteiger partial charge in [-0.3, -0.25) is 4.89 Å². The second kappa shape index (κ2) is 6.75. The van der Waals surface area contributed by atoms with E-state index in [1.165, 1.54) is 6.42 Å². The molecular weight excluding hydrogens is 256 g/mol. The number of methoxy groups -OCH3 is 1. The van der Waals surface area contributed by atoms with E-state index in [9.17, 15) is 4.79 Å². The molecule has 20 heavy (non-hydrogen) atoms. The van der Waals surface area contributed by atoms with Crippen molar-refractivity contribution in [2.45, 2.75) is 33.1 Å². The summed E-state index contributed by atoms with van der Waals surface area (Å²) in [5.41, 5.74) is 0.447. The van der Waals surface area contributed by atoms with Gasteiger partial charge in [0.05, 0.1) is 12.7 Å². The standard InChI is InChI=1S/C16H21O4/c1-11-5-4-6-15(12(11)2)19-20-16(17)13-7-9-14(18-3)10-8-13/h7-12H,4-6H2,1-3H3. The van der Waals surface area contributed by atoms with Crippen molar-refractivity contribution in [1.29, 1.82) is 0 Å². The van der Waals surface area contributed by atoms with Crippen molar-refractivity contribution < 1.29 is 19.3 Å². The van der Waals surface area contributed by atoms with Crippen molar-refractivity contribution in [3.05, 3.63) is 35.9 Å². The maximum absolute atomic E-state index is 11.9. The molecule has 0 amide bonds. The molecule has 1 fully saturated rings. The molecule has 0 spiro atoms. The van der Waals surface area contributed by atoms with Gasteiger partial charge in [-0.15, -0.1) is 0 Å². The van der Waals surface area contributed by atoms with Crippen LogP contribution in [0.1, 0.15) is 43.5 Å². The van der Waals surface area contributed by atoms with Crippen LogP contribution in [-0.2, 0) is 9.78 Å². The lowest BCUT2D eigenvalue weighted by Crippen LogP contribution is -2.25. The third kappa shape index (κ3) is 3.51. The molecular formula is C16H21O4. The first-order valence-electron chi connectivity index (χ1n) is 7.00. The van der Waals surface area contributed by atoms with Crippen LogP contribution in [0.15, 0.2) is 24.3 Å². The third-order valence-electron chi connectivity index (χ3n) is 3.99. The molecule has 2 rings (SSSR count). The van der Waals surface area contributed by atoms with E-state index < -0.39 is 5.97 Å². The smallest absolute Gasteiger partial charge is 0.373 e. The SMILES string of the molecule is COc1ccc(C(=O)OO[C]2CCCC(C)C2C)cc1. The maximum Gasteiger partial charge on any atom is 0.373 e. The molecule has 1 aromatic carbocycles. The average Bonchev–Trinajstić information content (AvgIpc) is 2.48. The molecule has 1 aliphatic rings. The Bertz CT molecular complexity index is 440. The quantitative estimate of drug-likeness (QED) is 0.620. The molecule has 0 aromatic heterocycles. The summed E-state index contributed by atoms with van der Waals surface area (Å²) < 4.78 is 5.04. The number of rotatable bonds is 4. The van der Waals surface area contributed by atoms with Crippen molar-refractivity contribution in [2.75, 3.05) is 7.11 Å². The Hall–Kier alpha value is -1.55. The number of carbonyl (C=O) groups is 1. The summed E-state index contributed by atoms with van der Waals surface area (Å²) in [7, 11) is 1.58. The first-order chi connectivity index (χ1) is 9.61. The summed E-state index contributed by atoms with van der Waals surface area (Å²) in [4.78, 5) is 22.1. The van der Waals surface area contributed by atoms with E-state index in [2.05, 4.69) is 13.8 Å². The molecule has 2 atom stereocenters. The van der Waals surface area contributed by atoms with Gasteiger partial charge in [0.1, 0.15) is 5.75 Å². The predicted octanol–water partition coefficient (Wildman–Crippen LogP) is 3.77. The molecule has 4 heteroatoms. The lowest BCUT2D eigenvalue weighted by atomic mass is 9.80. The largest absolute Gasteiger partial charge is 0.497 e. The van der Waals surface area contributed by atoms with E-state index in [4.69, 9.17) is 14.5 Å². The fourth-order valence-electron chi connectivity index (χ4n) is 2.38. The van der Waals surface area contributed by atoms with Crippen molar-refractivity contribution in [1.82, 2.24) is 0 Å². The Morgan fingerprint density at radius 1 is 1.20 bits per heavy atom. The highest BCUT2D eigenvalue weighted by molar-refractivity contribution is 5.89. The molecule has 0 aliphatic heterocycles. The van der Waals surface area contributed by atoms with Crippen LogP contribution in [0.25, 0.3) is 0 Å². The van der Waals surface area contributed by atoms with Crippen molar-refractivity contribution in [2.24, 2.45) is 11.8 Å². The summed E-state index contributed by atoms with van der Waals surface area (Å²) in [6, 6.07) is 6.74. The van der Waals surface area contributed by atoms with Gasteiger partial charge in [0.15, 0.2) is 6.10 Å². The van der Waals surface area contributed by atoms with E-state index in [-0.39, 0.29) is 0 Å². The van der Waals surface area contributed by atoms with Crippen LogP contribution >= 0.6 is 0 Å². The lowest BCUT2D eigenvalue weighted by molar-refractivity contribution is -0.248. The molecule has 0 saturated heterocycles. The second-order valence-corrected chi connectivity index (χ2v) is 5.31. The van der Waals surface area contributed by atoms with Crippen LogP contribution in [0.2, 0.25) is 0 Å². The lowest BCUT2D eigenvalue weighted by Gasteiger charge is -2.31. The van der Waals surface area contributed by atoms with Gasteiger partial charge in [0, 0.05) is 0 Å². The minimum atomic E-state index is -0.481. The van der Waals surface area contributed by atoms with Crippen LogP contribution in [0.4, 0.5) is 0 Å². The minimum Gasteiger partial charge on any atom is -0.497 e. The van der Waals surface area contributed by atoms with Gasteiger partial charge in [-0.05, 0) is 42.5 Å². The van der Waals surface area contributed by atoms with Crippen molar-refractivity contribution in [3.63, 3.8) is 0 Å². The Labute approximate surface area is 120 Å². The van der Waals surface area contributed by atoms with Crippen LogP contribution in [-0.4, -0.2) is 13.1 Å². The molecule has 1 aromatic rings. The molecule has 0 bridgehead atoms. The summed E-state index contributed by atoms with van der Waals surface area (Å²) in [6.07, 6.45) is 4.01. The highest BCUT2D eigenvalue weighted by Gasteiger charge is 2.30. The normalized spacial score (nSPS) is 23.4. The average molecular weight is 277 g/mol. The third-order valence-corrected chi connectivity index (χ3v) is 3.99. The number of hydrogen-bond acceptors (Lipinski definition) is 4. The molecule has 1 aliphatic carbocycles. The van der Waals surface area contributed by atoms with E-state index >= 15 is 0 Å². The maximum atomic E-state index is 11.9. The fraction of sp³-hybridized carbons (Fsp3) is 0.500. The number of carbonyl (C=O) groups excluding carboxylic acids is 1.